The van der Waals surface area contributed by atoms with Crippen LogP contribution in [0.15, 0.2) is 24.8 Å². The molecule has 1 saturated heterocycles. The van der Waals surface area contributed by atoms with Crippen LogP contribution >= 0.6 is 11.6 Å². The third kappa shape index (κ3) is 4.80. The molecule has 0 aromatic heterocycles. The van der Waals surface area contributed by atoms with Crippen molar-refractivity contribution in [2.75, 3.05) is 13.1 Å². The van der Waals surface area contributed by atoms with Crippen LogP contribution in [0.3, 0.4) is 0 Å². The molecule has 1 heterocycles. The number of primary amides is 1. The number of hydrogen-bond acceptors (Lipinski definition) is 2. The third-order valence-corrected chi connectivity index (χ3v) is 6.99. The number of allylic oxidation sites excluding steroid dienone is 1. The average molecular weight is 403 g/mol. The van der Waals surface area contributed by atoms with Gasteiger partial charge in [-0.3, -0.25) is 9.69 Å². The fourth-order valence-corrected chi connectivity index (χ4v) is 5.55. The van der Waals surface area contributed by atoms with Gasteiger partial charge in [0.25, 0.3) is 0 Å². The molecule has 2 N–H and O–H groups in total. The van der Waals surface area contributed by atoms with E-state index in [0.29, 0.717) is 12.0 Å². The molecule has 1 aliphatic heterocycles. The molecule has 0 saturated carbocycles. The topological polar surface area (TPSA) is 46.3 Å². The summed E-state index contributed by atoms with van der Waals surface area (Å²) in [5.74, 6) is 0.275. The van der Waals surface area contributed by atoms with Gasteiger partial charge in [0.1, 0.15) is 0 Å². The minimum atomic E-state index is -0.136. The summed E-state index contributed by atoms with van der Waals surface area (Å²) >= 11 is 6.40. The van der Waals surface area contributed by atoms with Crippen molar-refractivity contribution in [2.24, 2.45) is 17.6 Å². The normalized spacial score (nSPS) is 21.4. The Morgan fingerprint density at radius 3 is 2.75 bits per heavy atom. The maximum atomic E-state index is 11.9. The lowest BCUT2D eigenvalue weighted by atomic mass is 9.80. The Morgan fingerprint density at radius 2 is 2.11 bits per heavy atom. The van der Waals surface area contributed by atoms with Crippen LogP contribution in [0.4, 0.5) is 0 Å². The van der Waals surface area contributed by atoms with Gasteiger partial charge in [0.2, 0.25) is 5.91 Å². The van der Waals surface area contributed by atoms with Gasteiger partial charge in [-0.1, -0.05) is 31.0 Å². The Bertz CT molecular complexity index is 694. The maximum Gasteiger partial charge on any atom is 0.220 e. The molecule has 0 spiro atoms. The van der Waals surface area contributed by atoms with Crippen molar-refractivity contribution in [1.82, 2.24) is 4.90 Å². The van der Waals surface area contributed by atoms with E-state index in [4.69, 9.17) is 17.3 Å². The number of halogens is 1. The predicted octanol–water partition coefficient (Wildman–Crippen LogP) is 5.45. The second-order valence-electron chi connectivity index (χ2n) is 8.54. The van der Waals surface area contributed by atoms with Gasteiger partial charge in [-0.25, -0.2) is 0 Å². The van der Waals surface area contributed by atoms with Crippen molar-refractivity contribution in [3.8, 4) is 0 Å². The van der Waals surface area contributed by atoms with Crippen molar-refractivity contribution in [2.45, 2.75) is 70.8 Å². The van der Waals surface area contributed by atoms with E-state index in [9.17, 15) is 4.79 Å². The van der Waals surface area contributed by atoms with Crippen LogP contribution in [0.5, 0.6) is 0 Å². The number of carbonyl (C=O) groups is 1. The number of fused-ring (bicyclic) bond motifs is 1. The molecular weight excluding hydrogens is 368 g/mol. The minimum Gasteiger partial charge on any atom is -0.369 e. The zero-order valence-corrected chi connectivity index (χ0v) is 18.0. The van der Waals surface area contributed by atoms with Crippen LogP contribution < -0.4 is 5.73 Å². The fourth-order valence-electron chi connectivity index (χ4n) is 5.29. The molecule has 2 aliphatic rings. The highest BCUT2D eigenvalue weighted by molar-refractivity contribution is 6.30. The number of piperidine rings is 1. The monoisotopic (exact) mass is 402 g/mol. The quantitative estimate of drug-likeness (QED) is 0.558. The number of carbonyl (C=O) groups excluding carboxylic acids is 1. The standard InChI is InChI=1S/C24H35ClN2O/c1-3-5-7-18-15-20(25)16-19-9-10-22(23(18)19)27-13-11-17(12-14-27)21(24(26)28)8-6-4-2/h4,15-17,21-22H,2-3,5-14H2,1H3,(H2,26,28). The van der Waals surface area contributed by atoms with Crippen LogP contribution in [0.2, 0.25) is 5.02 Å². The molecular formula is C24H35ClN2O. The van der Waals surface area contributed by atoms with E-state index >= 15 is 0 Å². The number of rotatable bonds is 9. The molecule has 1 aromatic rings. The van der Waals surface area contributed by atoms with E-state index in [2.05, 4.69) is 30.5 Å². The van der Waals surface area contributed by atoms with Crippen LogP contribution in [-0.4, -0.2) is 23.9 Å². The van der Waals surface area contributed by atoms with Crippen molar-refractivity contribution >= 4 is 17.5 Å². The molecule has 28 heavy (non-hydrogen) atoms. The van der Waals surface area contributed by atoms with Gasteiger partial charge in [-0.15, -0.1) is 6.58 Å². The highest BCUT2D eigenvalue weighted by Crippen LogP contribution is 2.42. The van der Waals surface area contributed by atoms with E-state index in [1.165, 1.54) is 30.4 Å². The van der Waals surface area contributed by atoms with Gasteiger partial charge in [-0.05, 0) is 99.2 Å². The largest absolute Gasteiger partial charge is 0.369 e. The summed E-state index contributed by atoms with van der Waals surface area (Å²) in [7, 11) is 0. The molecule has 0 bridgehead atoms. The first-order chi connectivity index (χ1) is 13.5. The Balaban J connectivity index is 1.69. The molecule has 2 unspecified atom stereocenters. The Labute approximate surface area is 175 Å². The van der Waals surface area contributed by atoms with Crippen molar-refractivity contribution in [1.29, 1.82) is 0 Å². The van der Waals surface area contributed by atoms with Gasteiger partial charge in [0.05, 0.1) is 0 Å². The number of hydrogen-bond donors (Lipinski definition) is 1. The second kappa shape index (κ2) is 9.93. The summed E-state index contributed by atoms with van der Waals surface area (Å²) in [6, 6.07) is 4.89. The molecule has 154 valence electrons. The van der Waals surface area contributed by atoms with Gasteiger partial charge in [-0.2, -0.15) is 0 Å². The molecule has 3 rings (SSSR count). The van der Waals surface area contributed by atoms with Gasteiger partial charge in [0.15, 0.2) is 0 Å². The first kappa shape index (κ1) is 21.4. The van der Waals surface area contributed by atoms with E-state index in [1.54, 1.807) is 5.56 Å². The lowest BCUT2D eigenvalue weighted by molar-refractivity contribution is -0.124. The van der Waals surface area contributed by atoms with Crippen LogP contribution in [-0.2, 0) is 17.6 Å². The van der Waals surface area contributed by atoms with E-state index in [0.717, 1.165) is 56.6 Å². The van der Waals surface area contributed by atoms with Gasteiger partial charge < -0.3 is 5.73 Å². The number of nitrogens with two attached hydrogens (primary N) is 1. The number of unbranched alkanes of at least 4 members (excludes halogenated alkanes) is 1. The maximum absolute atomic E-state index is 11.9. The van der Waals surface area contributed by atoms with E-state index in [-0.39, 0.29) is 11.8 Å². The summed E-state index contributed by atoms with van der Waals surface area (Å²) < 4.78 is 0. The highest BCUT2D eigenvalue weighted by atomic mass is 35.5. The smallest absolute Gasteiger partial charge is 0.220 e. The van der Waals surface area contributed by atoms with Crippen LogP contribution in [0.25, 0.3) is 0 Å². The van der Waals surface area contributed by atoms with E-state index in [1.807, 2.05) is 6.08 Å². The van der Waals surface area contributed by atoms with Crippen molar-refractivity contribution in [3.05, 3.63) is 46.5 Å². The number of nitrogens with zero attached hydrogens (tertiary/aromatic N) is 1. The molecule has 1 fully saturated rings. The summed E-state index contributed by atoms with van der Waals surface area (Å²) in [6.45, 7) is 8.15. The summed E-state index contributed by atoms with van der Waals surface area (Å²) in [6.07, 6.45) is 11.6. The summed E-state index contributed by atoms with van der Waals surface area (Å²) in [4.78, 5) is 14.6. The van der Waals surface area contributed by atoms with Gasteiger partial charge in [0, 0.05) is 17.0 Å². The van der Waals surface area contributed by atoms with Crippen LogP contribution in [0.1, 0.15) is 74.6 Å². The SMILES string of the molecule is C=CCCC(C(N)=O)C1CCN(C2CCc3cc(Cl)cc(CCCC)c32)CC1. The van der Waals surface area contributed by atoms with Crippen molar-refractivity contribution in [3.63, 3.8) is 0 Å². The molecule has 1 aromatic carbocycles. The predicted molar refractivity (Wildman–Crippen MR) is 118 cm³/mol. The molecule has 1 amide bonds. The Kier molecular flexibility index (Phi) is 7.59. The minimum absolute atomic E-state index is 0.00469. The number of amides is 1. The zero-order chi connectivity index (χ0) is 20.1. The Morgan fingerprint density at radius 1 is 1.36 bits per heavy atom. The molecule has 0 radical (unpaired) electrons. The highest BCUT2D eigenvalue weighted by Gasteiger charge is 2.35. The van der Waals surface area contributed by atoms with E-state index < -0.39 is 0 Å². The lowest BCUT2D eigenvalue weighted by Gasteiger charge is -2.39. The first-order valence-corrected chi connectivity index (χ1v) is 11.4. The van der Waals surface area contributed by atoms with Crippen molar-refractivity contribution < 1.29 is 4.79 Å². The molecule has 2 atom stereocenters. The lowest BCUT2D eigenvalue weighted by Crippen LogP contribution is -2.41. The van der Waals surface area contributed by atoms with Crippen LogP contribution in [0, 0.1) is 11.8 Å². The summed E-state index contributed by atoms with van der Waals surface area (Å²) in [5, 5.41) is 0.885. The second-order valence-corrected chi connectivity index (χ2v) is 8.98. The first-order valence-electron chi connectivity index (χ1n) is 11.0. The van der Waals surface area contributed by atoms with Gasteiger partial charge >= 0.3 is 0 Å². The molecule has 1 aliphatic carbocycles. The zero-order valence-electron chi connectivity index (χ0n) is 17.3. The number of aryl methyl sites for hydroxylation is 2. The molecule has 3 nitrogen and oxygen atoms in total. The average Bonchev–Trinajstić information content (AvgIpc) is 3.10. The number of benzene rings is 1. The third-order valence-electron chi connectivity index (χ3n) is 6.77. The molecule has 4 heteroatoms. The fraction of sp³-hybridized carbons (Fsp3) is 0.625. The Hall–Kier alpha value is -1.32. The summed E-state index contributed by atoms with van der Waals surface area (Å²) in [5.41, 5.74) is 10.2. The number of likely N-dealkylation sites (tertiary alicyclic amines) is 1.